The third kappa shape index (κ3) is 6.19. The van der Waals surface area contributed by atoms with Crippen LogP contribution >= 0.6 is 11.6 Å². The van der Waals surface area contributed by atoms with Crippen molar-refractivity contribution in [1.82, 2.24) is 4.72 Å². The smallest absolute Gasteiger partial charge is 0.243 e. The van der Waals surface area contributed by atoms with Gasteiger partial charge in [0.1, 0.15) is 23.3 Å². The van der Waals surface area contributed by atoms with E-state index in [9.17, 15) is 13.2 Å². The third-order valence-corrected chi connectivity index (χ3v) is 6.76. The molecule has 8 nitrogen and oxygen atoms in total. The van der Waals surface area contributed by atoms with E-state index in [4.69, 9.17) is 25.8 Å². The highest BCUT2D eigenvalue weighted by molar-refractivity contribution is 7.89. The van der Waals surface area contributed by atoms with E-state index in [1.54, 1.807) is 18.2 Å². The van der Waals surface area contributed by atoms with Gasteiger partial charge in [-0.3, -0.25) is 4.79 Å². The van der Waals surface area contributed by atoms with Crippen LogP contribution < -0.4 is 24.2 Å². The minimum atomic E-state index is -4.10. The number of benzene rings is 3. The lowest BCUT2D eigenvalue weighted by atomic mass is 10.1. The van der Waals surface area contributed by atoms with E-state index in [2.05, 4.69) is 10.0 Å². The van der Waals surface area contributed by atoms with Crippen LogP contribution in [0, 0.1) is 0 Å². The Bertz CT molecular complexity index is 1250. The molecule has 0 saturated heterocycles. The van der Waals surface area contributed by atoms with Crippen molar-refractivity contribution in [2.75, 3.05) is 26.6 Å². The number of hydrogen-bond acceptors (Lipinski definition) is 6. The third-order valence-electron chi connectivity index (χ3n) is 4.99. The Kier molecular flexibility index (Phi) is 8.38. The predicted octanol–water partition coefficient (Wildman–Crippen LogP) is 3.89. The zero-order valence-corrected chi connectivity index (χ0v) is 20.4. The van der Waals surface area contributed by atoms with Gasteiger partial charge >= 0.3 is 0 Å². The van der Waals surface area contributed by atoms with Crippen LogP contribution in [0.5, 0.6) is 17.2 Å². The summed E-state index contributed by atoms with van der Waals surface area (Å²) in [5.74, 6) is 0.671. The maximum Gasteiger partial charge on any atom is 0.243 e. The van der Waals surface area contributed by atoms with E-state index in [0.717, 1.165) is 5.56 Å². The normalized spacial score (nSPS) is 12.0. The Morgan fingerprint density at radius 3 is 2.21 bits per heavy atom. The first kappa shape index (κ1) is 25.4. The molecule has 0 aliphatic carbocycles. The lowest BCUT2D eigenvalue weighted by Crippen LogP contribution is -2.45. The second-order valence-electron chi connectivity index (χ2n) is 7.22. The van der Waals surface area contributed by atoms with E-state index >= 15 is 0 Å². The molecule has 34 heavy (non-hydrogen) atoms. The van der Waals surface area contributed by atoms with Crippen molar-refractivity contribution in [1.29, 1.82) is 0 Å². The van der Waals surface area contributed by atoms with Gasteiger partial charge in [-0.25, -0.2) is 8.42 Å². The number of methoxy groups -OCH3 is 3. The Morgan fingerprint density at radius 1 is 0.912 bits per heavy atom. The Hall–Kier alpha value is -3.27. The van der Waals surface area contributed by atoms with Gasteiger partial charge in [-0.1, -0.05) is 41.9 Å². The molecule has 3 aromatic carbocycles. The number of carbonyl (C=O) groups excluding carboxylic acids is 1. The predicted molar refractivity (Wildman–Crippen MR) is 130 cm³/mol. The number of amides is 1. The van der Waals surface area contributed by atoms with Crippen molar-refractivity contribution in [3.8, 4) is 17.2 Å². The topological polar surface area (TPSA) is 103 Å². The van der Waals surface area contributed by atoms with Crippen molar-refractivity contribution in [2.24, 2.45) is 0 Å². The maximum atomic E-state index is 13.3. The fourth-order valence-electron chi connectivity index (χ4n) is 3.24. The van der Waals surface area contributed by atoms with Crippen LogP contribution in [0.15, 0.2) is 71.6 Å². The highest BCUT2D eigenvalue weighted by Gasteiger charge is 2.27. The average Bonchev–Trinajstić information content (AvgIpc) is 2.84. The maximum absolute atomic E-state index is 13.3. The van der Waals surface area contributed by atoms with Crippen LogP contribution in [0.4, 0.5) is 5.69 Å². The van der Waals surface area contributed by atoms with Crippen LogP contribution in [0.2, 0.25) is 5.02 Å². The summed E-state index contributed by atoms with van der Waals surface area (Å²) in [6.07, 6.45) is 0.113. The van der Waals surface area contributed by atoms with Gasteiger partial charge in [0.15, 0.2) is 0 Å². The van der Waals surface area contributed by atoms with E-state index in [1.165, 1.54) is 39.5 Å². The molecular weight excluding hydrogens is 480 g/mol. The van der Waals surface area contributed by atoms with Crippen molar-refractivity contribution in [2.45, 2.75) is 17.4 Å². The molecule has 1 atom stereocenters. The highest BCUT2D eigenvalue weighted by Crippen LogP contribution is 2.30. The van der Waals surface area contributed by atoms with Crippen molar-refractivity contribution in [3.63, 3.8) is 0 Å². The molecule has 180 valence electrons. The molecule has 3 aromatic rings. The molecule has 2 N–H and O–H groups in total. The molecular formula is C24H25ClN2O6S. The van der Waals surface area contributed by atoms with E-state index < -0.39 is 22.0 Å². The number of ether oxygens (including phenoxy) is 3. The monoisotopic (exact) mass is 504 g/mol. The van der Waals surface area contributed by atoms with Gasteiger partial charge in [0.05, 0.1) is 36.9 Å². The molecule has 0 saturated carbocycles. The van der Waals surface area contributed by atoms with E-state index in [-0.39, 0.29) is 16.3 Å². The highest BCUT2D eigenvalue weighted by atomic mass is 35.5. The zero-order valence-electron chi connectivity index (χ0n) is 18.9. The van der Waals surface area contributed by atoms with Gasteiger partial charge in [-0.05, 0) is 42.3 Å². The summed E-state index contributed by atoms with van der Waals surface area (Å²) in [4.78, 5) is 13.2. The van der Waals surface area contributed by atoms with E-state index in [1.807, 2.05) is 30.3 Å². The molecule has 3 rings (SSSR count). The molecule has 0 radical (unpaired) electrons. The van der Waals surface area contributed by atoms with Gasteiger partial charge in [0.25, 0.3) is 0 Å². The number of halogens is 1. The second-order valence-corrected chi connectivity index (χ2v) is 9.34. The number of hydrogen-bond donors (Lipinski definition) is 2. The number of carbonyl (C=O) groups is 1. The minimum Gasteiger partial charge on any atom is -0.497 e. The molecule has 0 aliphatic heterocycles. The average molecular weight is 505 g/mol. The van der Waals surface area contributed by atoms with Gasteiger partial charge in [-0.15, -0.1) is 0 Å². The summed E-state index contributed by atoms with van der Waals surface area (Å²) in [5.41, 5.74) is 1.12. The van der Waals surface area contributed by atoms with Crippen LogP contribution in [0.1, 0.15) is 5.56 Å². The fourth-order valence-corrected chi connectivity index (χ4v) is 4.78. The second kappa shape index (κ2) is 11.2. The molecule has 0 fully saturated rings. The van der Waals surface area contributed by atoms with Gasteiger partial charge in [0.2, 0.25) is 15.9 Å². The molecule has 0 aromatic heterocycles. The van der Waals surface area contributed by atoms with Crippen LogP contribution in [-0.2, 0) is 21.2 Å². The van der Waals surface area contributed by atoms with Crippen LogP contribution in [0.3, 0.4) is 0 Å². The van der Waals surface area contributed by atoms with Crippen LogP contribution in [-0.4, -0.2) is 41.7 Å². The number of nitrogens with one attached hydrogen (secondary N) is 2. The summed E-state index contributed by atoms with van der Waals surface area (Å²) >= 11 is 6.11. The van der Waals surface area contributed by atoms with Gasteiger partial charge in [-0.2, -0.15) is 4.72 Å². The first-order chi connectivity index (χ1) is 16.3. The summed E-state index contributed by atoms with van der Waals surface area (Å²) in [7, 11) is 0.299. The largest absolute Gasteiger partial charge is 0.497 e. The lowest BCUT2D eigenvalue weighted by molar-refractivity contribution is -0.117. The fraction of sp³-hybridized carbons (Fsp3) is 0.208. The Morgan fingerprint density at radius 2 is 1.59 bits per heavy atom. The van der Waals surface area contributed by atoms with Crippen molar-refractivity contribution in [3.05, 3.63) is 77.3 Å². The molecule has 0 bridgehead atoms. The van der Waals surface area contributed by atoms with Crippen molar-refractivity contribution >= 4 is 33.2 Å². The Labute approximate surface area is 203 Å². The van der Waals surface area contributed by atoms with Gasteiger partial charge < -0.3 is 19.5 Å². The first-order valence-corrected chi connectivity index (χ1v) is 12.1. The summed E-state index contributed by atoms with van der Waals surface area (Å²) in [5, 5.41) is 2.88. The summed E-state index contributed by atoms with van der Waals surface area (Å²) in [6, 6.07) is 16.9. The number of sulfonamides is 1. The Balaban J connectivity index is 1.92. The quantitative estimate of drug-likeness (QED) is 0.434. The van der Waals surface area contributed by atoms with E-state index in [0.29, 0.717) is 22.9 Å². The molecule has 1 amide bonds. The molecule has 10 heteroatoms. The summed E-state index contributed by atoms with van der Waals surface area (Å²) < 4.78 is 44.4. The molecule has 0 spiro atoms. The lowest BCUT2D eigenvalue weighted by Gasteiger charge is -2.20. The molecule has 1 unspecified atom stereocenters. The molecule has 0 aliphatic rings. The number of rotatable bonds is 10. The standard InChI is InChI=1S/C24H25ClN2O6S/c1-31-17-9-11-23(33-3)20(14-17)26-24(28)21(13-16-7-5-4-6-8-16)27-34(29,30)18-10-12-22(32-2)19(25)15-18/h4-12,14-15,21,27H,13H2,1-3H3,(H,26,28). The number of anilines is 1. The van der Waals surface area contributed by atoms with Gasteiger partial charge in [0, 0.05) is 6.07 Å². The zero-order chi connectivity index (χ0) is 24.7. The van der Waals surface area contributed by atoms with Crippen molar-refractivity contribution < 1.29 is 27.4 Å². The molecule has 0 heterocycles. The summed E-state index contributed by atoms with van der Waals surface area (Å²) in [6.45, 7) is 0. The minimum absolute atomic E-state index is 0.0943. The first-order valence-electron chi connectivity index (χ1n) is 10.2. The van der Waals surface area contributed by atoms with Crippen LogP contribution in [0.25, 0.3) is 0 Å². The SMILES string of the molecule is COc1ccc(OC)c(NC(=O)C(Cc2ccccc2)NS(=O)(=O)c2ccc(OC)c(Cl)c2)c1.